The molecule has 1 aliphatic rings. The normalized spacial score (nSPS) is 17.1. The predicted molar refractivity (Wildman–Crippen MR) is 117 cm³/mol. The number of amides is 3. The number of nitrogens with two attached hydrogens (primary N) is 3. The minimum absolute atomic E-state index is 0.0511. The lowest BCUT2D eigenvalue weighted by molar-refractivity contribution is -0.143. The van der Waals surface area contributed by atoms with Crippen LogP contribution in [0.4, 0.5) is 0 Å². The van der Waals surface area contributed by atoms with Crippen LogP contribution in [0.5, 0.6) is 0 Å². The number of hydrogen-bond donors (Lipinski definition) is 7. The molecule has 14 heteroatoms. The number of carboxylic acids is 1. The summed E-state index contributed by atoms with van der Waals surface area (Å²) in [6.07, 6.45) is 4.46. The molecule has 10 N–H and O–H groups in total. The van der Waals surface area contributed by atoms with Crippen molar-refractivity contribution in [2.45, 2.75) is 50.2 Å². The largest absolute Gasteiger partial charge is 0.480 e. The Morgan fingerprint density at radius 3 is 2.64 bits per heavy atom. The molecule has 2 rings (SSSR count). The number of guanidine groups is 1. The van der Waals surface area contributed by atoms with E-state index in [2.05, 4.69) is 25.6 Å². The number of imidazole rings is 1. The Balaban J connectivity index is 2.09. The van der Waals surface area contributed by atoms with Gasteiger partial charge in [0.2, 0.25) is 17.7 Å². The Morgan fingerprint density at radius 2 is 2.03 bits per heavy atom. The van der Waals surface area contributed by atoms with Crippen LogP contribution >= 0.6 is 0 Å². The zero-order valence-electron chi connectivity index (χ0n) is 18.2. The smallest absolute Gasteiger partial charge is 0.326 e. The van der Waals surface area contributed by atoms with Gasteiger partial charge in [-0.1, -0.05) is 0 Å². The molecule has 0 radical (unpaired) electrons. The molecule has 33 heavy (non-hydrogen) atoms. The standard InChI is InChI=1S/C19H31N9O5/c20-8-15(29)28-6-2-4-14(28)17(31)27-13(7-11-9-23-10-25-11)16(30)26-12(18(32)33)3-1-5-24-19(21)22/h9-10,12-14H,1-8,20H2,(H,23,25)(H,26,30)(H,27,31)(H,32,33)(H4,21,22,24). The number of aromatic nitrogens is 2. The minimum atomic E-state index is -1.23. The molecule has 182 valence electrons. The maximum absolute atomic E-state index is 13.0. The number of rotatable bonds is 12. The Labute approximate surface area is 190 Å². The Hall–Kier alpha value is -3.68. The fourth-order valence-electron chi connectivity index (χ4n) is 3.58. The molecule has 0 bridgehead atoms. The lowest BCUT2D eigenvalue weighted by atomic mass is 10.1. The third-order valence-electron chi connectivity index (χ3n) is 5.22. The number of likely N-dealkylation sites (tertiary alicyclic amines) is 1. The van der Waals surface area contributed by atoms with Gasteiger partial charge < -0.3 is 42.8 Å². The van der Waals surface area contributed by atoms with Crippen LogP contribution in [0.15, 0.2) is 17.5 Å². The summed E-state index contributed by atoms with van der Waals surface area (Å²) in [6, 6.07) is -3.03. The van der Waals surface area contributed by atoms with E-state index in [0.29, 0.717) is 31.5 Å². The molecule has 1 fully saturated rings. The van der Waals surface area contributed by atoms with Crippen LogP contribution in [-0.2, 0) is 25.6 Å². The number of aromatic amines is 1. The van der Waals surface area contributed by atoms with Crippen molar-refractivity contribution < 1.29 is 24.3 Å². The average Bonchev–Trinajstić information content (AvgIpc) is 3.46. The molecule has 3 amide bonds. The molecule has 1 aromatic rings. The van der Waals surface area contributed by atoms with Crippen molar-refractivity contribution in [3.8, 4) is 0 Å². The highest BCUT2D eigenvalue weighted by Crippen LogP contribution is 2.17. The molecule has 3 unspecified atom stereocenters. The maximum atomic E-state index is 13.0. The first kappa shape index (κ1) is 25.6. The second-order valence-corrected chi connectivity index (χ2v) is 7.64. The van der Waals surface area contributed by atoms with Crippen molar-refractivity contribution in [2.75, 3.05) is 19.6 Å². The van der Waals surface area contributed by atoms with Crippen LogP contribution < -0.4 is 27.8 Å². The predicted octanol–water partition coefficient (Wildman–Crippen LogP) is -2.99. The van der Waals surface area contributed by atoms with Crippen molar-refractivity contribution in [1.29, 1.82) is 0 Å². The van der Waals surface area contributed by atoms with Crippen molar-refractivity contribution in [1.82, 2.24) is 25.5 Å². The fraction of sp³-hybridized carbons (Fsp3) is 0.579. The topological polar surface area (TPSA) is 235 Å². The first-order valence-electron chi connectivity index (χ1n) is 10.6. The van der Waals surface area contributed by atoms with Gasteiger partial charge in [0.05, 0.1) is 12.9 Å². The summed E-state index contributed by atoms with van der Waals surface area (Å²) in [5, 5.41) is 14.6. The lowest BCUT2D eigenvalue weighted by Crippen LogP contribution is -2.56. The van der Waals surface area contributed by atoms with Crippen molar-refractivity contribution in [3.05, 3.63) is 18.2 Å². The molecule has 0 spiro atoms. The summed E-state index contributed by atoms with van der Waals surface area (Å²) in [4.78, 5) is 61.5. The third-order valence-corrected chi connectivity index (χ3v) is 5.22. The molecule has 0 aliphatic carbocycles. The number of aliphatic carboxylic acids is 1. The number of carbonyl (C=O) groups excluding carboxylic acids is 3. The van der Waals surface area contributed by atoms with E-state index in [4.69, 9.17) is 17.2 Å². The lowest BCUT2D eigenvalue weighted by Gasteiger charge is -2.26. The summed E-state index contributed by atoms with van der Waals surface area (Å²) in [6.45, 7) is 0.396. The quantitative estimate of drug-likeness (QED) is 0.0945. The van der Waals surface area contributed by atoms with E-state index in [1.165, 1.54) is 17.4 Å². The van der Waals surface area contributed by atoms with Gasteiger partial charge in [0.15, 0.2) is 5.96 Å². The van der Waals surface area contributed by atoms with Gasteiger partial charge in [0, 0.05) is 31.4 Å². The molecule has 2 heterocycles. The van der Waals surface area contributed by atoms with Gasteiger partial charge in [-0.2, -0.15) is 0 Å². The molecule has 1 aliphatic heterocycles. The molecular formula is C19H31N9O5. The number of hydrogen-bond acceptors (Lipinski definition) is 7. The second-order valence-electron chi connectivity index (χ2n) is 7.64. The van der Waals surface area contributed by atoms with Crippen molar-refractivity contribution >= 4 is 29.7 Å². The Morgan fingerprint density at radius 1 is 1.27 bits per heavy atom. The summed E-state index contributed by atoms with van der Waals surface area (Å²) < 4.78 is 0. The fourth-order valence-corrected chi connectivity index (χ4v) is 3.58. The molecule has 14 nitrogen and oxygen atoms in total. The highest BCUT2D eigenvalue weighted by atomic mass is 16.4. The van der Waals surface area contributed by atoms with Gasteiger partial charge in [-0.15, -0.1) is 0 Å². The zero-order valence-corrected chi connectivity index (χ0v) is 18.2. The van der Waals surface area contributed by atoms with E-state index in [9.17, 15) is 24.3 Å². The van der Waals surface area contributed by atoms with E-state index in [0.717, 1.165) is 0 Å². The van der Waals surface area contributed by atoms with E-state index in [1.54, 1.807) is 0 Å². The van der Waals surface area contributed by atoms with Crippen LogP contribution in [0.1, 0.15) is 31.4 Å². The SMILES string of the molecule is NCC(=O)N1CCCC1C(=O)NC(Cc1cnc[nH]1)C(=O)NC(CCCN=C(N)N)C(=O)O. The van der Waals surface area contributed by atoms with Gasteiger partial charge in [0.25, 0.3) is 0 Å². The number of aliphatic imine (C=N–C) groups is 1. The number of H-pyrrole nitrogens is 1. The van der Waals surface area contributed by atoms with Gasteiger partial charge in [-0.3, -0.25) is 19.4 Å². The number of nitrogens with zero attached hydrogens (tertiary/aromatic N) is 3. The molecule has 0 aromatic carbocycles. The summed E-state index contributed by atoms with van der Waals surface area (Å²) in [5.41, 5.74) is 16.5. The highest BCUT2D eigenvalue weighted by molar-refractivity contribution is 5.94. The van der Waals surface area contributed by atoms with Crippen molar-refractivity contribution in [2.24, 2.45) is 22.2 Å². The average molecular weight is 466 g/mol. The van der Waals surface area contributed by atoms with E-state index in [-0.39, 0.29) is 37.8 Å². The van der Waals surface area contributed by atoms with Crippen LogP contribution in [0, 0.1) is 0 Å². The van der Waals surface area contributed by atoms with Gasteiger partial charge in [-0.05, 0) is 25.7 Å². The zero-order chi connectivity index (χ0) is 24.4. The summed E-state index contributed by atoms with van der Waals surface area (Å²) in [5.74, 6) is -2.87. The number of nitrogens with one attached hydrogen (secondary N) is 3. The van der Waals surface area contributed by atoms with Crippen LogP contribution in [-0.4, -0.2) is 87.4 Å². The molecule has 1 aromatic heterocycles. The first-order chi connectivity index (χ1) is 15.7. The summed E-state index contributed by atoms with van der Waals surface area (Å²) in [7, 11) is 0. The second kappa shape index (κ2) is 12.4. The van der Waals surface area contributed by atoms with Gasteiger partial charge >= 0.3 is 5.97 Å². The van der Waals surface area contributed by atoms with Crippen LogP contribution in [0.3, 0.4) is 0 Å². The van der Waals surface area contributed by atoms with Gasteiger partial charge in [0.1, 0.15) is 18.1 Å². The monoisotopic (exact) mass is 465 g/mol. The Kier molecular flexibility index (Phi) is 9.60. The number of carbonyl (C=O) groups is 4. The van der Waals surface area contributed by atoms with E-state index in [1.807, 2.05) is 0 Å². The van der Waals surface area contributed by atoms with Crippen LogP contribution in [0.25, 0.3) is 0 Å². The highest BCUT2D eigenvalue weighted by Gasteiger charge is 2.36. The van der Waals surface area contributed by atoms with E-state index >= 15 is 0 Å². The minimum Gasteiger partial charge on any atom is -0.480 e. The van der Waals surface area contributed by atoms with Gasteiger partial charge in [-0.25, -0.2) is 9.78 Å². The molecule has 0 saturated carbocycles. The maximum Gasteiger partial charge on any atom is 0.326 e. The first-order valence-corrected chi connectivity index (χ1v) is 10.6. The molecule has 3 atom stereocenters. The Bertz CT molecular complexity index is 854. The van der Waals surface area contributed by atoms with Crippen molar-refractivity contribution in [3.63, 3.8) is 0 Å². The van der Waals surface area contributed by atoms with E-state index < -0.39 is 35.9 Å². The third kappa shape index (κ3) is 7.75. The molecule has 1 saturated heterocycles. The van der Waals surface area contributed by atoms with Crippen LogP contribution in [0.2, 0.25) is 0 Å². The molecular weight excluding hydrogens is 434 g/mol. The number of carboxylic acid groups (broad SMARTS) is 1. The summed E-state index contributed by atoms with van der Waals surface area (Å²) >= 11 is 0.